The summed E-state index contributed by atoms with van der Waals surface area (Å²) in [6.45, 7) is 2.42. The molecular weight excluding hydrogens is 266 g/mol. The third-order valence-electron chi connectivity index (χ3n) is 5.60. The van der Waals surface area contributed by atoms with E-state index in [0.29, 0.717) is 31.5 Å². The average molecular weight is 293 g/mol. The summed E-state index contributed by atoms with van der Waals surface area (Å²) in [5.41, 5.74) is 5.42. The number of likely N-dealkylation sites (tertiary alicyclic amines) is 1. The van der Waals surface area contributed by atoms with Gasteiger partial charge in [-0.1, -0.05) is 6.42 Å². The van der Waals surface area contributed by atoms with Crippen molar-refractivity contribution >= 4 is 11.8 Å². The topological polar surface area (TPSA) is 75.4 Å². The van der Waals surface area contributed by atoms with Crippen LogP contribution in [-0.2, 0) is 9.59 Å². The summed E-state index contributed by atoms with van der Waals surface area (Å²) in [6, 6.07) is 0. The number of rotatable bonds is 4. The van der Waals surface area contributed by atoms with Gasteiger partial charge >= 0.3 is 0 Å². The molecule has 21 heavy (non-hydrogen) atoms. The minimum Gasteiger partial charge on any atom is -0.355 e. The van der Waals surface area contributed by atoms with Crippen LogP contribution in [0.1, 0.15) is 38.5 Å². The van der Waals surface area contributed by atoms with Crippen molar-refractivity contribution in [1.82, 2.24) is 10.2 Å². The van der Waals surface area contributed by atoms with Crippen molar-refractivity contribution in [3.05, 3.63) is 0 Å². The molecule has 3 N–H and O–H groups in total. The fourth-order valence-corrected chi connectivity index (χ4v) is 4.51. The molecule has 0 radical (unpaired) electrons. The molecule has 5 nitrogen and oxygen atoms in total. The Morgan fingerprint density at radius 2 is 2.05 bits per heavy atom. The van der Waals surface area contributed by atoms with Gasteiger partial charge in [-0.15, -0.1) is 0 Å². The third kappa shape index (κ3) is 3.07. The first-order chi connectivity index (χ1) is 10.2. The Hall–Kier alpha value is -1.10. The molecule has 0 spiro atoms. The minimum atomic E-state index is -0.0483. The highest BCUT2D eigenvalue weighted by molar-refractivity contribution is 5.82. The molecular formula is C16H27N3O2. The van der Waals surface area contributed by atoms with Gasteiger partial charge in [-0.05, 0) is 43.9 Å². The smallest absolute Gasteiger partial charge is 0.225 e. The van der Waals surface area contributed by atoms with Crippen LogP contribution >= 0.6 is 0 Å². The molecule has 3 rings (SSSR count). The Kier molecular flexibility index (Phi) is 4.48. The van der Waals surface area contributed by atoms with Crippen molar-refractivity contribution in [3.63, 3.8) is 0 Å². The first-order valence-corrected chi connectivity index (χ1v) is 8.45. The second-order valence-electron chi connectivity index (χ2n) is 6.98. The molecule has 4 unspecified atom stereocenters. The number of nitrogens with two attached hydrogens (primary N) is 1. The number of amides is 2. The monoisotopic (exact) mass is 293 g/mol. The SMILES string of the molecule is NCCNC(=O)C1CCCN(C(=O)C2CC3CCC2C3)C1. The van der Waals surface area contributed by atoms with Gasteiger partial charge < -0.3 is 16.0 Å². The maximum absolute atomic E-state index is 12.7. The highest BCUT2D eigenvalue weighted by Gasteiger charge is 2.45. The predicted molar refractivity (Wildman–Crippen MR) is 80.3 cm³/mol. The molecule has 2 amide bonds. The number of hydrogen-bond donors (Lipinski definition) is 2. The van der Waals surface area contributed by atoms with Gasteiger partial charge in [0.25, 0.3) is 0 Å². The Morgan fingerprint density at radius 1 is 1.19 bits per heavy atom. The van der Waals surface area contributed by atoms with Gasteiger partial charge in [0.05, 0.1) is 5.92 Å². The number of hydrogen-bond acceptors (Lipinski definition) is 3. The molecule has 1 aliphatic heterocycles. The van der Waals surface area contributed by atoms with Crippen LogP contribution < -0.4 is 11.1 Å². The van der Waals surface area contributed by atoms with Gasteiger partial charge in [0.1, 0.15) is 0 Å². The van der Waals surface area contributed by atoms with E-state index < -0.39 is 0 Å². The lowest BCUT2D eigenvalue weighted by molar-refractivity contribution is -0.140. The van der Waals surface area contributed by atoms with Crippen molar-refractivity contribution in [1.29, 1.82) is 0 Å². The first-order valence-electron chi connectivity index (χ1n) is 8.45. The molecule has 4 atom stereocenters. The van der Waals surface area contributed by atoms with Crippen LogP contribution in [0.2, 0.25) is 0 Å². The van der Waals surface area contributed by atoms with Gasteiger partial charge in [-0.2, -0.15) is 0 Å². The largest absolute Gasteiger partial charge is 0.355 e. The molecule has 2 saturated carbocycles. The van der Waals surface area contributed by atoms with Crippen molar-refractivity contribution in [3.8, 4) is 0 Å². The first kappa shape index (κ1) is 14.8. The normalized spacial score (nSPS) is 35.0. The van der Waals surface area contributed by atoms with Crippen LogP contribution in [0.25, 0.3) is 0 Å². The molecule has 1 saturated heterocycles. The molecule has 5 heteroatoms. The van der Waals surface area contributed by atoms with E-state index in [9.17, 15) is 9.59 Å². The van der Waals surface area contributed by atoms with Crippen LogP contribution in [0.15, 0.2) is 0 Å². The summed E-state index contributed by atoms with van der Waals surface area (Å²) in [7, 11) is 0. The van der Waals surface area contributed by atoms with Crippen molar-refractivity contribution in [2.75, 3.05) is 26.2 Å². The summed E-state index contributed by atoms with van der Waals surface area (Å²) in [5, 5.41) is 2.86. The Bertz CT molecular complexity index is 412. The van der Waals surface area contributed by atoms with Crippen molar-refractivity contribution in [2.24, 2.45) is 29.4 Å². The van der Waals surface area contributed by atoms with Gasteiger partial charge in [0.15, 0.2) is 0 Å². The van der Waals surface area contributed by atoms with E-state index in [4.69, 9.17) is 5.73 Å². The fraction of sp³-hybridized carbons (Fsp3) is 0.875. The summed E-state index contributed by atoms with van der Waals surface area (Å²) in [5.74, 6) is 1.98. The summed E-state index contributed by atoms with van der Waals surface area (Å²) < 4.78 is 0. The van der Waals surface area contributed by atoms with Crippen LogP contribution in [0.5, 0.6) is 0 Å². The van der Waals surface area contributed by atoms with Crippen LogP contribution in [-0.4, -0.2) is 42.9 Å². The number of nitrogens with zero attached hydrogens (tertiary/aromatic N) is 1. The Labute approximate surface area is 126 Å². The predicted octanol–water partition coefficient (Wildman–Crippen LogP) is 0.736. The van der Waals surface area contributed by atoms with Crippen molar-refractivity contribution in [2.45, 2.75) is 38.5 Å². The summed E-state index contributed by atoms with van der Waals surface area (Å²) in [4.78, 5) is 26.8. The zero-order valence-electron chi connectivity index (χ0n) is 12.7. The zero-order chi connectivity index (χ0) is 14.8. The quantitative estimate of drug-likeness (QED) is 0.802. The van der Waals surface area contributed by atoms with Gasteiger partial charge in [0.2, 0.25) is 11.8 Å². The zero-order valence-corrected chi connectivity index (χ0v) is 12.7. The lowest BCUT2D eigenvalue weighted by atomic mass is 9.86. The maximum atomic E-state index is 12.7. The molecule has 3 aliphatic rings. The molecule has 0 aromatic rings. The third-order valence-corrected chi connectivity index (χ3v) is 5.60. The number of nitrogens with one attached hydrogen (secondary N) is 1. The lowest BCUT2D eigenvalue weighted by Gasteiger charge is -2.35. The fourth-order valence-electron chi connectivity index (χ4n) is 4.51. The van der Waals surface area contributed by atoms with E-state index in [1.807, 2.05) is 4.90 Å². The number of carbonyl (C=O) groups is 2. The van der Waals surface area contributed by atoms with E-state index in [2.05, 4.69) is 5.32 Å². The van der Waals surface area contributed by atoms with E-state index in [0.717, 1.165) is 31.7 Å². The Balaban J connectivity index is 1.55. The lowest BCUT2D eigenvalue weighted by Crippen LogP contribution is -2.48. The second-order valence-corrected chi connectivity index (χ2v) is 6.98. The minimum absolute atomic E-state index is 0.0483. The molecule has 0 aromatic carbocycles. The molecule has 2 bridgehead atoms. The highest BCUT2D eigenvalue weighted by atomic mass is 16.2. The number of piperidine rings is 1. The van der Waals surface area contributed by atoms with Gasteiger partial charge in [-0.25, -0.2) is 0 Å². The van der Waals surface area contributed by atoms with E-state index in [1.165, 1.54) is 19.3 Å². The van der Waals surface area contributed by atoms with Crippen LogP contribution in [0.4, 0.5) is 0 Å². The Morgan fingerprint density at radius 3 is 2.71 bits per heavy atom. The molecule has 118 valence electrons. The van der Waals surface area contributed by atoms with E-state index in [-0.39, 0.29) is 17.7 Å². The molecule has 1 heterocycles. The summed E-state index contributed by atoms with van der Waals surface area (Å²) >= 11 is 0. The second kappa shape index (κ2) is 6.34. The molecule has 2 aliphatic carbocycles. The van der Waals surface area contributed by atoms with Crippen molar-refractivity contribution < 1.29 is 9.59 Å². The average Bonchev–Trinajstić information content (AvgIpc) is 3.15. The van der Waals surface area contributed by atoms with Gasteiger partial charge in [-0.3, -0.25) is 9.59 Å². The molecule has 0 aromatic heterocycles. The standard InChI is InChI=1S/C16H27N3O2/c17-5-6-18-15(20)13-2-1-7-19(10-13)16(21)14-9-11-3-4-12(14)8-11/h11-14H,1-10,17H2,(H,18,20). The highest BCUT2D eigenvalue weighted by Crippen LogP contribution is 2.49. The maximum Gasteiger partial charge on any atom is 0.225 e. The van der Waals surface area contributed by atoms with Crippen LogP contribution in [0.3, 0.4) is 0 Å². The number of fused-ring (bicyclic) bond motifs is 2. The van der Waals surface area contributed by atoms with Crippen LogP contribution in [0, 0.1) is 23.7 Å². The van der Waals surface area contributed by atoms with E-state index >= 15 is 0 Å². The molecule has 3 fully saturated rings. The van der Waals surface area contributed by atoms with Gasteiger partial charge in [0, 0.05) is 32.1 Å². The summed E-state index contributed by atoms with van der Waals surface area (Å²) in [6.07, 6.45) is 6.72. The number of carbonyl (C=O) groups excluding carboxylic acids is 2. The van der Waals surface area contributed by atoms with E-state index in [1.54, 1.807) is 0 Å².